The number of hydrogen-bond acceptors (Lipinski definition) is 23. The first-order valence-electron chi connectivity index (χ1n) is 36.3. The molecule has 18 atom stereocenters. The van der Waals surface area contributed by atoms with Gasteiger partial charge >= 0.3 is 25.7 Å². The normalized spacial score (nSPS) is 28.4. The van der Waals surface area contributed by atoms with Crippen molar-refractivity contribution in [2.75, 3.05) is 26.4 Å². The van der Waals surface area contributed by atoms with E-state index in [1.165, 1.54) is 128 Å². The van der Waals surface area contributed by atoms with Crippen molar-refractivity contribution in [3.05, 3.63) is 0 Å². The third kappa shape index (κ3) is 35.0. The maximum Gasteiger partial charge on any atom is 0.472 e. The summed E-state index contributed by atoms with van der Waals surface area (Å²) < 4.78 is 64.9. The van der Waals surface area contributed by atoms with Crippen LogP contribution < -0.4 is 0 Å². The van der Waals surface area contributed by atoms with Gasteiger partial charge in [0, 0.05) is 19.3 Å². The summed E-state index contributed by atoms with van der Waals surface area (Å²) in [5.74, 6) is -1.98. The Kier molecular flexibility index (Phi) is 46.9. The molecule has 2 heterocycles. The number of ether oxygens (including phenoxy) is 7. The van der Waals surface area contributed by atoms with Gasteiger partial charge in [-0.1, -0.05) is 245 Å². The summed E-state index contributed by atoms with van der Waals surface area (Å²) in [4.78, 5) is 50.8. The van der Waals surface area contributed by atoms with E-state index in [0.29, 0.717) is 19.3 Å². The van der Waals surface area contributed by atoms with Gasteiger partial charge in [0.05, 0.1) is 13.2 Å². The summed E-state index contributed by atoms with van der Waals surface area (Å²) in [6.07, 6.45) is 6.21. The number of rotatable bonds is 56. The summed E-state index contributed by atoms with van der Waals surface area (Å²) in [6, 6.07) is 0. The van der Waals surface area contributed by atoms with Crippen LogP contribution in [0, 0.1) is 0 Å². The molecule has 0 aromatic carbocycles. The van der Waals surface area contributed by atoms with E-state index in [2.05, 4.69) is 20.8 Å². The SMILES string of the molecule is CCCCCCCCCCCCCCCCC(=O)OC(COC(=O)CCCCCCCCCCCCC)COP(=O)(O)OC1C(OC2OC(CO)C(O)C(O)C2O)C(O)C(O)C(O)C1OC1OC(COC(=O)CCCCCCCCCCCCCCC)C(O)C(O)C1O. The van der Waals surface area contributed by atoms with Crippen LogP contribution in [0.15, 0.2) is 0 Å². The standard InChI is InChI=1S/C68H127O24P/c1-4-7-10-13-16-19-22-24-26-29-32-35-38-41-44-54(72)87-49(46-84-52(70)42-39-36-33-30-27-21-18-15-12-9-6-3)47-86-93(82,83)92-66-64(90-67-62(80)57(75)55(73)50(45-69)88-67)60(78)59(77)61(79)65(66)91-68-63(81)58(76)56(74)51(89-68)48-85-53(71)43-40-37-34-31-28-25-23-20-17-14-11-8-5-2/h49-51,55-69,73-81H,4-48H2,1-3H3,(H,82,83). The predicted octanol–water partition coefficient (Wildman–Crippen LogP) is 9.01. The molecule has 0 aromatic heterocycles. The molecule has 0 radical (unpaired) electrons. The third-order valence-corrected chi connectivity index (χ3v) is 19.1. The van der Waals surface area contributed by atoms with Gasteiger partial charge < -0.3 is 89.1 Å². The van der Waals surface area contributed by atoms with Gasteiger partial charge in [0.2, 0.25) is 0 Å². The molecule has 11 N–H and O–H groups in total. The third-order valence-electron chi connectivity index (χ3n) is 18.1. The lowest BCUT2D eigenvalue weighted by molar-refractivity contribution is -0.360. The first-order chi connectivity index (χ1) is 44.8. The highest BCUT2D eigenvalue weighted by Crippen LogP contribution is 2.49. The molecule has 93 heavy (non-hydrogen) atoms. The van der Waals surface area contributed by atoms with Crippen molar-refractivity contribution in [3.8, 4) is 0 Å². The Morgan fingerprint density at radius 2 is 0.688 bits per heavy atom. The van der Waals surface area contributed by atoms with Crippen LogP contribution in [-0.4, -0.2) is 204 Å². The monoisotopic (exact) mass is 1360 g/mol. The van der Waals surface area contributed by atoms with Crippen LogP contribution in [0.4, 0.5) is 0 Å². The second-order valence-electron chi connectivity index (χ2n) is 26.3. The second-order valence-corrected chi connectivity index (χ2v) is 27.7. The highest BCUT2D eigenvalue weighted by atomic mass is 31.2. The fourth-order valence-electron chi connectivity index (χ4n) is 12.2. The minimum Gasteiger partial charge on any atom is -0.463 e. The van der Waals surface area contributed by atoms with E-state index < -0.39 is 156 Å². The Balaban J connectivity index is 1.75. The van der Waals surface area contributed by atoms with Crippen LogP contribution in [0.1, 0.15) is 284 Å². The van der Waals surface area contributed by atoms with Crippen molar-refractivity contribution in [2.45, 2.75) is 388 Å². The summed E-state index contributed by atoms with van der Waals surface area (Å²) in [5, 5.41) is 110. The molecule has 1 saturated carbocycles. The van der Waals surface area contributed by atoms with Crippen molar-refractivity contribution < 1.29 is 117 Å². The molecule has 2 saturated heterocycles. The molecule has 3 rings (SSSR count). The minimum atomic E-state index is -5.68. The molecule has 0 amide bonds. The van der Waals surface area contributed by atoms with E-state index in [1.54, 1.807) is 0 Å². The van der Waals surface area contributed by atoms with Gasteiger partial charge in [0.1, 0.15) is 98.7 Å². The number of carbonyl (C=O) groups is 3. The highest BCUT2D eigenvalue weighted by Gasteiger charge is 2.58. The lowest BCUT2D eigenvalue weighted by Crippen LogP contribution is -2.69. The molecule has 25 heteroatoms. The van der Waals surface area contributed by atoms with Gasteiger partial charge in [-0.05, 0) is 19.3 Å². The zero-order valence-corrected chi connectivity index (χ0v) is 57.7. The van der Waals surface area contributed by atoms with Crippen LogP contribution in [0.25, 0.3) is 0 Å². The number of esters is 3. The topological polar surface area (TPSA) is 374 Å². The van der Waals surface area contributed by atoms with Gasteiger partial charge in [0.25, 0.3) is 0 Å². The molecule has 1 aliphatic carbocycles. The molecule has 3 fully saturated rings. The molecule has 2 aliphatic heterocycles. The van der Waals surface area contributed by atoms with Crippen LogP contribution in [0.3, 0.4) is 0 Å². The smallest absolute Gasteiger partial charge is 0.463 e. The Morgan fingerprint density at radius 1 is 0.376 bits per heavy atom. The number of carbonyl (C=O) groups excluding carboxylic acids is 3. The number of hydrogen-bond donors (Lipinski definition) is 11. The lowest BCUT2D eigenvalue weighted by Gasteiger charge is -2.49. The van der Waals surface area contributed by atoms with Crippen LogP contribution in [0.5, 0.6) is 0 Å². The Morgan fingerprint density at radius 3 is 1.05 bits per heavy atom. The molecule has 24 nitrogen and oxygen atoms in total. The first kappa shape index (κ1) is 85.2. The molecular formula is C68H127O24P. The van der Waals surface area contributed by atoms with E-state index in [9.17, 15) is 74.9 Å². The van der Waals surface area contributed by atoms with E-state index in [-0.39, 0.29) is 19.3 Å². The lowest BCUT2D eigenvalue weighted by atomic mass is 9.84. The van der Waals surface area contributed by atoms with Crippen molar-refractivity contribution in [1.82, 2.24) is 0 Å². The molecular weight excluding hydrogens is 1230 g/mol. The Hall–Kier alpha value is -2.04. The van der Waals surface area contributed by atoms with Gasteiger partial charge in [-0.15, -0.1) is 0 Å². The predicted molar refractivity (Wildman–Crippen MR) is 347 cm³/mol. The van der Waals surface area contributed by atoms with E-state index >= 15 is 0 Å². The number of phosphoric acid groups is 1. The summed E-state index contributed by atoms with van der Waals surface area (Å²) in [5.41, 5.74) is 0. The molecule has 3 aliphatic rings. The molecule has 0 spiro atoms. The molecule has 0 aromatic rings. The van der Waals surface area contributed by atoms with Crippen molar-refractivity contribution in [1.29, 1.82) is 0 Å². The zero-order valence-electron chi connectivity index (χ0n) is 56.8. The number of aliphatic hydroxyl groups is 10. The van der Waals surface area contributed by atoms with Crippen LogP contribution in [-0.2, 0) is 61.2 Å². The Bertz CT molecular complexity index is 1940. The maximum absolute atomic E-state index is 14.3. The highest BCUT2D eigenvalue weighted by molar-refractivity contribution is 7.47. The quantitative estimate of drug-likeness (QED) is 0.0117. The summed E-state index contributed by atoms with van der Waals surface area (Å²) >= 11 is 0. The summed E-state index contributed by atoms with van der Waals surface area (Å²) in [6.45, 7) is 3.43. The Labute approximate surface area is 555 Å². The zero-order chi connectivity index (χ0) is 68.2. The van der Waals surface area contributed by atoms with E-state index in [4.69, 9.17) is 42.2 Å². The molecule has 0 bridgehead atoms. The van der Waals surface area contributed by atoms with Gasteiger partial charge in [-0.25, -0.2) is 4.57 Å². The van der Waals surface area contributed by atoms with E-state index in [0.717, 1.165) is 96.3 Å². The van der Waals surface area contributed by atoms with Gasteiger partial charge in [0.15, 0.2) is 18.7 Å². The largest absolute Gasteiger partial charge is 0.472 e. The molecule has 548 valence electrons. The van der Waals surface area contributed by atoms with Gasteiger partial charge in [-0.3, -0.25) is 23.4 Å². The minimum absolute atomic E-state index is 0.0334. The van der Waals surface area contributed by atoms with Crippen LogP contribution >= 0.6 is 7.82 Å². The number of unbranched alkanes of at least 4 members (excludes halogenated alkanes) is 35. The first-order valence-corrected chi connectivity index (χ1v) is 37.8. The van der Waals surface area contributed by atoms with Crippen LogP contribution in [0.2, 0.25) is 0 Å². The fourth-order valence-corrected chi connectivity index (χ4v) is 13.1. The summed E-state index contributed by atoms with van der Waals surface area (Å²) in [7, 11) is -5.68. The van der Waals surface area contributed by atoms with E-state index in [1.807, 2.05) is 0 Å². The van der Waals surface area contributed by atoms with Crippen molar-refractivity contribution in [2.24, 2.45) is 0 Å². The van der Waals surface area contributed by atoms with Crippen molar-refractivity contribution >= 4 is 25.7 Å². The maximum atomic E-state index is 14.3. The average Bonchev–Trinajstić information content (AvgIpc) is 0.776. The average molecular weight is 1360 g/mol. The fraction of sp³-hybridized carbons (Fsp3) is 0.956. The van der Waals surface area contributed by atoms with Crippen molar-refractivity contribution in [3.63, 3.8) is 0 Å². The van der Waals surface area contributed by atoms with Gasteiger partial charge in [-0.2, -0.15) is 0 Å². The number of aliphatic hydroxyl groups excluding tert-OH is 10. The number of phosphoric ester groups is 1. The second kappa shape index (κ2) is 51.2. The molecule has 18 unspecified atom stereocenters.